The molecule has 0 fully saturated rings. The zero-order valence-electron chi connectivity index (χ0n) is 17.2. The summed E-state index contributed by atoms with van der Waals surface area (Å²) in [4.78, 5) is 20.2. The van der Waals surface area contributed by atoms with Gasteiger partial charge in [-0.05, 0) is 79.9 Å². The number of aryl methyl sites for hydroxylation is 2. The smallest absolute Gasteiger partial charge is 0.224 e. The van der Waals surface area contributed by atoms with Gasteiger partial charge in [0.2, 0.25) is 5.91 Å². The molecule has 0 bridgehead atoms. The predicted octanol–water partition coefficient (Wildman–Crippen LogP) is 5.64. The van der Waals surface area contributed by atoms with Crippen molar-refractivity contribution in [2.45, 2.75) is 26.7 Å². The van der Waals surface area contributed by atoms with Gasteiger partial charge in [0.05, 0.1) is 17.6 Å². The molecule has 0 radical (unpaired) electrons. The van der Waals surface area contributed by atoms with Gasteiger partial charge in [0.25, 0.3) is 0 Å². The van der Waals surface area contributed by atoms with Crippen LogP contribution in [0.4, 0.5) is 5.69 Å². The number of carbonyl (C=O) groups excluding carboxylic acids is 1. The number of anilines is 1. The van der Waals surface area contributed by atoms with Crippen molar-refractivity contribution in [2.75, 3.05) is 11.9 Å². The number of benzene rings is 3. The van der Waals surface area contributed by atoms with E-state index in [2.05, 4.69) is 36.3 Å². The molecule has 0 aliphatic heterocycles. The molecule has 4 rings (SSSR count). The van der Waals surface area contributed by atoms with Crippen LogP contribution >= 0.6 is 0 Å². The molecule has 1 aromatic heterocycles. The second-order valence-electron chi connectivity index (χ2n) is 7.43. The second kappa shape index (κ2) is 8.82. The number of fused-ring (bicyclic) bond motifs is 1. The van der Waals surface area contributed by atoms with Crippen LogP contribution in [0.25, 0.3) is 22.4 Å². The standard InChI is InChI=1S/C25H25N3O2/c1-17-15-22-23(16-18(17)2)28-25(27-22)19-10-12-20(13-11-19)26-24(29)9-6-14-30-21-7-4-3-5-8-21/h3-5,7-8,10-13,15-16H,6,9,14H2,1-2H3,(H,26,29)(H,27,28). The van der Waals surface area contributed by atoms with Gasteiger partial charge in [-0.25, -0.2) is 4.98 Å². The molecule has 0 atom stereocenters. The van der Waals surface area contributed by atoms with E-state index in [0.717, 1.165) is 33.9 Å². The highest BCUT2D eigenvalue weighted by Gasteiger charge is 2.08. The average Bonchev–Trinajstić information content (AvgIpc) is 3.15. The van der Waals surface area contributed by atoms with Crippen molar-refractivity contribution in [3.63, 3.8) is 0 Å². The van der Waals surface area contributed by atoms with Crippen molar-refractivity contribution < 1.29 is 9.53 Å². The predicted molar refractivity (Wildman–Crippen MR) is 121 cm³/mol. The minimum atomic E-state index is -0.0194. The average molecular weight is 399 g/mol. The lowest BCUT2D eigenvalue weighted by Gasteiger charge is -2.07. The summed E-state index contributed by atoms with van der Waals surface area (Å²) < 4.78 is 5.62. The fraction of sp³-hybridized carbons (Fsp3) is 0.200. The van der Waals surface area contributed by atoms with Gasteiger partial charge < -0.3 is 15.0 Å². The highest BCUT2D eigenvalue weighted by molar-refractivity contribution is 5.91. The summed E-state index contributed by atoms with van der Waals surface area (Å²) in [5.74, 6) is 1.63. The number of carbonyl (C=O) groups is 1. The summed E-state index contributed by atoms with van der Waals surface area (Å²) in [6.07, 6.45) is 1.08. The second-order valence-corrected chi connectivity index (χ2v) is 7.43. The molecule has 0 aliphatic carbocycles. The van der Waals surface area contributed by atoms with Crippen LogP contribution in [0.1, 0.15) is 24.0 Å². The molecular formula is C25H25N3O2. The number of ether oxygens (including phenoxy) is 1. The van der Waals surface area contributed by atoms with Crippen molar-refractivity contribution in [1.82, 2.24) is 9.97 Å². The van der Waals surface area contributed by atoms with Gasteiger partial charge in [-0.15, -0.1) is 0 Å². The van der Waals surface area contributed by atoms with E-state index in [1.54, 1.807) is 0 Å². The molecule has 1 heterocycles. The number of nitrogens with one attached hydrogen (secondary N) is 2. The van der Waals surface area contributed by atoms with Crippen LogP contribution in [0.15, 0.2) is 66.7 Å². The van der Waals surface area contributed by atoms with Crippen LogP contribution in [0, 0.1) is 13.8 Å². The Labute approximate surface area is 176 Å². The first-order valence-corrected chi connectivity index (χ1v) is 10.1. The van der Waals surface area contributed by atoms with E-state index in [0.29, 0.717) is 19.4 Å². The van der Waals surface area contributed by atoms with Crippen molar-refractivity contribution >= 4 is 22.6 Å². The van der Waals surface area contributed by atoms with E-state index in [9.17, 15) is 4.79 Å². The topological polar surface area (TPSA) is 67.0 Å². The minimum Gasteiger partial charge on any atom is -0.494 e. The molecule has 30 heavy (non-hydrogen) atoms. The van der Waals surface area contributed by atoms with Gasteiger partial charge in [-0.3, -0.25) is 4.79 Å². The summed E-state index contributed by atoms with van der Waals surface area (Å²) >= 11 is 0. The van der Waals surface area contributed by atoms with Crippen molar-refractivity contribution in [3.05, 3.63) is 77.9 Å². The number of aromatic amines is 1. The lowest BCUT2D eigenvalue weighted by Crippen LogP contribution is -2.12. The quantitative estimate of drug-likeness (QED) is 0.395. The number of nitrogens with zero attached hydrogens (tertiary/aromatic N) is 1. The molecular weight excluding hydrogens is 374 g/mol. The molecule has 5 heteroatoms. The highest BCUT2D eigenvalue weighted by atomic mass is 16.5. The largest absolute Gasteiger partial charge is 0.494 e. The third-order valence-electron chi connectivity index (χ3n) is 5.10. The van der Waals surface area contributed by atoms with Crippen molar-refractivity contribution in [3.8, 4) is 17.1 Å². The Kier molecular flexibility index (Phi) is 5.80. The van der Waals surface area contributed by atoms with Gasteiger partial charge >= 0.3 is 0 Å². The number of imidazole rings is 1. The molecule has 0 saturated carbocycles. The third kappa shape index (κ3) is 4.69. The number of hydrogen-bond donors (Lipinski definition) is 2. The first-order chi connectivity index (χ1) is 14.6. The Hall–Kier alpha value is -3.60. The maximum atomic E-state index is 12.2. The van der Waals surface area contributed by atoms with Crippen molar-refractivity contribution in [2.24, 2.45) is 0 Å². The van der Waals surface area contributed by atoms with E-state index in [4.69, 9.17) is 9.72 Å². The summed E-state index contributed by atoms with van der Waals surface area (Å²) in [5.41, 5.74) is 6.22. The normalized spacial score (nSPS) is 10.9. The maximum Gasteiger partial charge on any atom is 0.224 e. The van der Waals surface area contributed by atoms with Gasteiger partial charge in [0.15, 0.2) is 0 Å². The van der Waals surface area contributed by atoms with Gasteiger partial charge in [-0.1, -0.05) is 18.2 Å². The Morgan fingerprint density at radius 3 is 2.50 bits per heavy atom. The van der Waals surface area contributed by atoms with Crippen LogP contribution in [0.3, 0.4) is 0 Å². The van der Waals surface area contributed by atoms with E-state index < -0.39 is 0 Å². The molecule has 5 nitrogen and oxygen atoms in total. The maximum absolute atomic E-state index is 12.2. The number of para-hydroxylation sites is 1. The van der Waals surface area contributed by atoms with Gasteiger partial charge in [0, 0.05) is 17.7 Å². The van der Waals surface area contributed by atoms with E-state index in [1.165, 1.54) is 11.1 Å². The van der Waals surface area contributed by atoms with Gasteiger partial charge in [-0.2, -0.15) is 0 Å². The third-order valence-corrected chi connectivity index (χ3v) is 5.10. The first kappa shape index (κ1) is 19.7. The monoisotopic (exact) mass is 399 g/mol. The van der Waals surface area contributed by atoms with Crippen LogP contribution < -0.4 is 10.1 Å². The zero-order chi connectivity index (χ0) is 20.9. The zero-order valence-corrected chi connectivity index (χ0v) is 17.2. The number of rotatable bonds is 7. The van der Waals surface area contributed by atoms with E-state index >= 15 is 0 Å². The molecule has 0 aliphatic rings. The first-order valence-electron chi connectivity index (χ1n) is 10.1. The Balaban J connectivity index is 1.31. The Morgan fingerprint density at radius 2 is 1.73 bits per heavy atom. The van der Waals surface area contributed by atoms with Crippen LogP contribution in [0.5, 0.6) is 5.75 Å². The molecule has 2 N–H and O–H groups in total. The molecule has 4 aromatic rings. The highest BCUT2D eigenvalue weighted by Crippen LogP contribution is 2.24. The fourth-order valence-electron chi connectivity index (χ4n) is 3.28. The fourth-order valence-corrected chi connectivity index (χ4v) is 3.28. The number of hydrogen-bond acceptors (Lipinski definition) is 3. The Morgan fingerprint density at radius 1 is 1.00 bits per heavy atom. The summed E-state index contributed by atoms with van der Waals surface area (Å²) in [5, 5.41) is 2.94. The van der Waals surface area contributed by atoms with E-state index in [-0.39, 0.29) is 5.91 Å². The molecule has 152 valence electrons. The SMILES string of the molecule is Cc1cc2nc(-c3ccc(NC(=O)CCCOc4ccccc4)cc3)[nH]c2cc1C. The lowest BCUT2D eigenvalue weighted by atomic mass is 10.1. The molecule has 0 spiro atoms. The Bertz CT molecular complexity index is 1110. The van der Waals surface area contributed by atoms with Gasteiger partial charge in [0.1, 0.15) is 11.6 Å². The van der Waals surface area contributed by atoms with Crippen LogP contribution in [0.2, 0.25) is 0 Å². The summed E-state index contributed by atoms with van der Waals surface area (Å²) in [6.45, 7) is 4.70. The minimum absolute atomic E-state index is 0.0194. The molecule has 3 aromatic carbocycles. The summed E-state index contributed by atoms with van der Waals surface area (Å²) in [6, 6.07) is 21.6. The number of amides is 1. The summed E-state index contributed by atoms with van der Waals surface area (Å²) in [7, 11) is 0. The number of aromatic nitrogens is 2. The van der Waals surface area contributed by atoms with Crippen molar-refractivity contribution in [1.29, 1.82) is 0 Å². The van der Waals surface area contributed by atoms with E-state index in [1.807, 2.05) is 54.6 Å². The van der Waals surface area contributed by atoms with Crippen LogP contribution in [-0.4, -0.2) is 22.5 Å². The molecule has 0 saturated heterocycles. The molecule has 1 amide bonds. The lowest BCUT2D eigenvalue weighted by molar-refractivity contribution is -0.116. The van der Waals surface area contributed by atoms with Crippen LogP contribution in [-0.2, 0) is 4.79 Å². The molecule has 0 unspecified atom stereocenters. The number of H-pyrrole nitrogens is 1.